The lowest BCUT2D eigenvalue weighted by molar-refractivity contribution is -0.147. The zero-order valence-corrected chi connectivity index (χ0v) is 10.6. The Balaban J connectivity index is 3.23. The summed E-state index contributed by atoms with van der Waals surface area (Å²) in [5.74, 6) is -1.30. The first-order valence-corrected chi connectivity index (χ1v) is 6.75. The van der Waals surface area contributed by atoms with Crippen molar-refractivity contribution in [2.24, 2.45) is 0 Å². The summed E-state index contributed by atoms with van der Waals surface area (Å²) in [4.78, 5) is 8.80. The first-order valence-electron chi connectivity index (χ1n) is 4.86. The Morgan fingerprint density at radius 1 is 1.35 bits per heavy atom. The SMILES string of the molecule is Cc1ccccc1OC(C)(C(=O)O)S(C)(=O)=O. The Morgan fingerprint density at radius 3 is 2.29 bits per heavy atom. The van der Waals surface area contributed by atoms with E-state index in [4.69, 9.17) is 9.84 Å². The van der Waals surface area contributed by atoms with E-state index in [2.05, 4.69) is 0 Å². The highest BCUT2D eigenvalue weighted by atomic mass is 32.2. The highest BCUT2D eigenvalue weighted by Gasteiger charge is 2.46. The summed E-state index contributed by atoms with van der Waals surface area (Å²) in [5, 5.41) is 9.02. The van der Waals surface area contributed by atoms with E-state index in [0.717, 1.165) is 13.2 Å². The van der Waals surface area contributed by atoms with E-state index in [9.17, 15) is 13.2 Å². The lowest BCUT2D eigenvalue weighted by Gasteiger charge is -2.25. The van der Waals surface area contributed by atoms with Crippen LogP contribution in [0.2, 0.25) is 0 Å². The third kappa shape index (κ3) is 2.58. The first-order chi connectivity index (χ1) is 7.68. The number of hydrogen-bond donors (Lipinski definition) is 1. The van der Waals surface area contributed by atoms with Crippen molar-refractivity contribution in [2.45, 2.75) is 18.8 Å². The Labute approximate surface area is 100.0 Å². The summed E-state index contributed by atoms with van der Waals surface area (Å²) >= 11 is 0. The number of benzene rings is 1. The van der Waals surface area contributed by atoms with Crippen LogP contribution in [0.4, 0.5) is 0 Å². The highest BCUT2D eigenvalue weighted by Crippen LogP contribution is 2.26. The Morgan fingerprint density at radius 2 is 1.88 bits per heavy atom. The van der Waals surface area contributed by atoms with Crippen LogP contribution >= 0.6 is 0 Å². The molecule has 1 aromatic rings. The van der Waals surface area contributed by atoms with E-state index >= 15 is 0 Å². The minimum Gasteiger partial charge on any atom is -0.477 e. The molecule has 0 aliphatic rings. The number of carboxylic acid groups (broad SMARTS) is 1. The van der Waals surface area contributed by atoms with Gasteiger partial charge in [-0.1, -0.05) is 18.2 Å². The molecule has 0 amide bonds. The van der Waals surface area contributed by atoms with Gasteiger partial charge in [-0.3, -0.25) is 0 Å². The monoisotopic (exact) mass is 258 g/mol. The average molecular weight is 258 g/mol. The fourth-order valence-electron chi connectivity index (χ4n) is 1.16. The number of para-hydroxylation sites is 1. The van der Waals surface area contributed by atoms with Crippen LogP contribution in [0.5, 0.6) is 5.75 Å². The number of carboxylic acids is 1. The molecule has 1 unspecified atom stereocenters. The number of aliphatic carboxylic acids is 1. The predicted molar refractivity (Wildman–Crippen MR) is 62.7 cm³/mol. The maximum absolute atomic E-state index is 11.5. The molecule has 0 heterocycles. The topological polar surface area (TPSA) is 80.7 Å². The molecule has 0 saturated heterocycles. The largest absolute Gasteiger partial charge is 0.477 e. The van der Waals surface area contributed by atoms with Gasteiger partial charge in [-0.15, -0.1) is 0 Å². The first kappa shape index (κ1) is 13.5. The minimum absolute atomic E-state index is 0.239. The minimum atomic E-state index is -3.90. The maximum Gasteiger partial charge on any atom is 0.363 e. The summed E-state index contributed by atoms with van der Waals surface area (Å²) < 4.78 is 28.2. The van der Waals surface area contributed by atoms with Gasteiger partial charge in [-0.2, -0.15) is 0 Å². The smallest absolute Gasteiger partial charge is 0.363 e. The van der Waals surface area contributed by atoms with Crippen LogP contribution in [-0.4, -0.2) is 30.7 Å². The number of sulfone groups is 1. The fraction of sp³-hybridized carbons (Fsp3) is 0.364. The Bertz CT molecular complexity index is 535. The molecule has 0 aromatic heterocycles. The molecule has 0 aliphatic heterocycles. The molecular formula is C11H14O5S. The normalized spacial score (nSPS) is 15.0. The lowest BCUT2D eigenvalue weighted by Crippen LogP contribution is -2.48. The van der Waals surface area contributed by atoms with Gasteiger partial charge in [0.25, 0.3) is 0 Å². The molecule has 6 heteroatoms. The molecule has 1 rings (SSSR count). The van der Waals surface area contributed by atoms with Gasteiger partial charge >= 0.3 is 10.9 Å². The molecule has 0 bridgehead atoms. The Hall–Kier alpha value is -1.56. The average Bonchev–Trinajstić information content (AvgIpc) is 2.19. The van der Waals surface area contributed by atoms with E-state index in [1.165, 1.54) is 6.07 Å². The second kappa shape index (κ2) is 4.37. The zero-order chi connectivity index (χ0) is 13.3. The standard InChI is InChI=1S/C11H14O5S/c1-8-6-4-5-7-9(8)16-11(2,10(12)13)17(3,14)15/h4-7H,1-3H3,(H,12,13). The Kier molecular flexibility index (Phi) is 3.47. The van der Waals surface area contributed by atoms with Crippen LogP contribution < -0.4 is 4.74 Å². The van der Waals surface area contributed by atoms with E-state index < -0.39 is 20.7 Å². The van der Waals surface area contributed by atoms with Crippen LogP contribution in [-0.2, 0) is 14.6 Å². The summed E-state index contributed by atoms with van der Waals surface area (Å²) in [5.41, 5.74) is 0.670. The van der Waals surface area contributed by atoms with Gasteiger partial charge in [0.1, 0.15) is 5.75 Å². The molecule has 0 saturated carbocycles. The number of ether oxygens (including phenoxy) is 1. The number of carbonyl (C=O) groups is 1. The van der Waals surface area contributed by atoms with Crippen molar-refractivity contribution < 1.29 is 23.1 Å². The van der Waals surface area contributed by atoms with Crippen molar-refractivity contribution >= 4 is 15.8 Å². The van der Waals surface area contributed by atoms with Crippen molar-refractivity contribution in [1.29, 1.82) is 0 Å². The van der Waals surface area contributed by atoms with Crippen LogP contribution in [0.1, 0.15) is 12.5 Å². The third-order valence-corrected chi connectivity index (χ3v) is 4.17. The highest BCUT2D eigenvalue weighted by molar-refractivity contribution is 7.92. The molecule has 0 spiro atoms. The van der Waals surface area contributed by atoms with Crippen LogP contribution in [0.25, 0.3) is 0 Å². The van der Waals surface area contributed by atoms with Crippen LogP contribution in [0.3, 0.4) is 0 Å². The molecular weight excluding hydrogens is 244 g/mol. The van der Waals surface area contributed by atoms with Gasteiger partial charge in [0.05, 0.1) is 0 Å². The van der Waals surface area contributed by atoms with E-state index in [1.54, 1.807) is 25.1 Å². The van der Waals surface area contributed by atoms with Crippen molar-refractivity contribution in [1.82, 2.24) is 0 Å². The second-order valence-corrected chi connectivity index (χ2v) is 6.21. The second-order valence-electron chi connectivity index (χ2n) is 3.89. The van der Waals surface area contributed by atoms with Crippen molar-refractivity contribution in [3.05, 3.63) is 29.8 Å². The number of hydrogen-bond acceptors (Lipinski definition) is 4. The molecule has 17 heavy (non-hydrogen) atoms. The van der Waals surface area contributed by atoms with E-state index in [1.807, 2.05) is 0 Å². The van der Waals surface area contributed by atoms with Gasteiger partial charge in [0.15, 0.2) is 9.84 Å². The molecule has 1 aromatic carbocycles. The molecule has 0 fully saturated rings. The van der Waals surface area contributed by atoms with Crippen molar-refractivity contribution in [2.75, 3.05) is 6.26 Å². The molecule has 0 aliphatic carbocycles. The van der Waals surface area contributed by atoms with E-state index in [0.29, 0.717) is 5.56 Å². The number of rotatable bonds is 4. The van der Waals surface area contributed by atoms with Crippen molar-refractivity contribution in [3.8, 4) is 5.75 Å². The number of aryl methyl sites for hydroxylation is 1. The lowest BCUT2D eigenvalue weighted by atomic mass is 10.2. The van der Waals surface area contributed by atoms with Crippen molar-refractivity contribution in [3.63, 3.8) is 0 Å². The van der Waals surface area contributed by atoms with Crippen LogP contribution in [0.15, 0.2) is 24.3 Å². The van der Waals surface area contributed by atoms with E-state index in [-0.39, 0.29) is 5.75 Å². The van der Waals surface area contributed by atoms with Gasteiger partial charge in [-0.25, -0.2) is 13.2 Å². The maximum atomic E-state index is 11.5. The van der Waals surface area contributed by atoms with Gasteiger partial charge in [0, 0.05) is 13.2 Å². The third-order valence-electron chi connectivity index (χ3n) is 2.49. The van der Waals surface area contributed by atoms with Gasteiger partial charge in [0.2, 0.25) is 0 Å². The molecule has 5 nitrogen and oxygen atoms in total. The predicted octanol–water partition coefficient (Wildman–Crippen LogP) is 1.22. The summed E-state index contributed by atoms with van der Waals surface area (Å²) in [6.07, 6.45) is 0.833. The molecule has 94 valence electrons. The summed E-state index contributed by atoms with van der Waals surface area (Å²) in [7, 11) is -3.90. The molecule has 0 radical (unpaired) electrons. The molecule has 1 atom stereocenters. The zero-order valence-electron chi connectivity index (χ0n) is 9.80. The van der Waals surface area contributed by atoms with Crippen LogP contribution in [0, 0.1) is 6.92 Å². The summed E-state index contributed by atoms with van der Waals surface area (Å²) in [6.45, 7) is 2.73. The summed E-state index contributed by atoms with van der Waals surface area (Å²) in [6, 6.07) is 6.63. The molecule has 1 N–H and O–H groups in total. The quantitative estimate of drug-likeness (QED) is 0.878. The van der Waals surface area contributed by atoms with Gasteiger partial charge in [-0.05, 0) is 18.6 Å². The van der Waals surface area contributed by atoms with Gasteiger partial charge < -0.3 is 9.84 Å². The fourth-order valence-corrected chi connectivity index (χ4v) is 1.72.